The molecule has 0 bridgehead atoms. The van der Waals surface area contributed by atoms with E-state index < -0.39 is 21.9 Å². The third-order valence-electron chi connectivity index (χ3n) is 1.83. The lowest BCUT2D eigenvalue weighted by Gasteiger charge is -2.17. The highest BCUT2D eigenvalue weighted by molar-refractivity contribution is 9.10. The normalized spacial score (nSPS) is 14.3. The zero-order valence-corrected chi connectivity index (χ0v) is 12.8. The zero-order chi connectivity index (χ0) is 13.2. The Bertz CT molecular complexity index is 448. The van der Waals surface area contributed by atoms with Crippen LogP contribution in [-0.4, -0.2) is 15.5 Å². The number of hydrogen-bond acceptors (Lipinski definition) is 2. The van der Waals surface area contributed by atoms with Gasteiger partial charge >= 0.3 is 0 Å². The quantitative estimate of drug-likeness (QED) is 0.453. The van der Waals surface area contributed by atoms with Gasteiger partial charge in [-0.2, -0.15) is 0 Å². The van der Waals surface area contributed by atoms with Crippen molar-refractivity contribution < 1.29 is 8.94 Å². The molecule has 0 N–H and O–H groups in total. The van der Waals surface area contributed by atoms with E-state index >= 15 is 0 Å². The average molecular weight is 341 g/mol. The van der Waals surface area contributed by atoms with E-state index in [1.807, 2.05) is 0 Å². The fourth-order valence-corrected chi connectivity index (χ4v) is 2.29. The maximum atomic E-state index is 13.6. The van der Waals surface area contributed by atoms with Crippen molar-refractivity contribution in [1.82, 2.24) is 0 Å². The van der Waals surface area contributed by atoms with Crippen LogP contribution in [0.4, 0.5) is 4.39 Å². The molecule has 0 spiro atoms. The molecule has 6 heteroatoms. The van der Waals surface area contributed by atoms with Crippen LogP contribution in [-0.2, 0) is 11.4 Å². The van der Waals surface area contributed by atoms with E-state index in [1.165, 1.54) is 18.3 Å². The molecule has 17 heavy (non-hydrogen) atoms. The van der Waals surface area contributed by atoms with Gasteiger partial charge in [-0.3, -0.25) is 0 Å². The van der Waals surface area contributed by atoms with E-state index in [-0.39, 0.29) is 10.6 Å². The molecule has 1 rings (SSSR count). The van der Waals surface area contributed by atoms with Crippen LogP contribution in [0.3, 0.4) is 0 Å². The summed E-state index contributed by atoms with van der Waals surface area (Å²) in [6.07, 6.45) is 1.24. The highest BCUT2D eigenvalue weighted by atomic mass is 79.9. The molecular weight excluding hydrogens is 329 g/mol. The maximum absolute atomic E-state index is 13.6. The Morgan fingerprint density at radius 3 is 2.59 bits per heavy atom. The Hall–Kier alpha value is -0.100. The summed E-state index contributed by atoms with van der Waals surface area (Å²) in [6, 6.07) is 2.99. The molecule has 1 atom stereocenters. The third kappa shape index (κ3) is 4.25. The molecule has 0 saturated heterocycles. The fourth-order valence-electron chi connectivity index (χ4n) is 0.933. The van der Waals surface area contributed by atoms with Crippen molar-refractivity contribution in [3.8, 4) is 0 Å². The molecule has 94 valence electrons. The summed E-state index contributed by atoms with van der Waals surface area (Å²) in [4.78, 5) is 0. The molecule has 0 saturated carbocycles. The van der Waals surface area contributed by atoms with Gasteiger partial charge in [-0.15, -0.1) is 0 Å². The van der Waals surface area contributed by atoms with E-state index in [0.29, 0.717) is 4.47 Å². The number of hydrogen-bond donors (Lipinski definition) is 0. The van der Waals surface area contributed by atoms with Gasteiger partial charge in [0.2, 0.25) is 0 Å². The summed E-state index contributed by atoms with van der Waals surface area (Å²) in [7, 11) is 0. The van der Waals surface area contributed by atoms with Crippen LogP contribution in [0.15, 0.2) is 21.0 Å². The number of nitrogens with zero attached hydrogens (tertiary/aromatic N) is 1. The second kappa shape index (κ2) is 5.69. The molecule has 2 nitrogen and oxygen atoms in total. The summed E-state index contributed by atoms with van der Waals surface area (Å²) in [5, 5.41) is 0.00219. The Labute approximate surface area is 117 Å². The van der Waals surface area contributed by atoms with Crippen LogP contribution in [0.2, 0.25) is 5.02 Å². The summed E-state index contributed by atoms with van der Waals surface area (Å²) in [6.45, 7) is 5.39. The van der Waals surface area contributed by atoms with E-state index in [9.17, 15) is 8.94 Å². The summed E-state index contributed by atoms with van der Waals surface area (Å²) < 4.78 is 29.3. The highest BCUT2D eigenvalue weighted by Gasteiger charge is 2.26. The number of benzene rings is 1. The highest BCUT2D eigenvalue weighted by Crippen LogP contribution is 2.24. The van der Waals surface area contributed by atoms with Gasteiger partial charge in [0.25, 0.3) is 0 Å². The molecule has 0 radical (unpaired) electrons. The molecule has 0 fully saturated rings. The van der Waals surface area contributed by atoms with Crippen molar-refractivity contribution in [1.29, 1.82) is 0 Å². The third-order valence-corrected chi connectivity index (χ3v) is 3.91. The standard InChI is InChI=1S/C11H12BrClFNOS/c1-11(2,3)17(16)15-6-7-4-8(12)5-9(13)10(7)14/h4-6H,1-3H3/b15-6+/t17-/m1/s1. The molecule has 1 aromatic rings. The Morgan fingerprint density at radius 1 is 1.47 bits per heavy atom. The lowest BCUT2D eigenvalue weighted by molar-refractivity contribution is 0.561. The number of rotatable bonds is 2. The largest absolute Gasteiger partial charge is 0.591 e. The molecule has 0 aliphatic heterocycles. The van der Waals surface area contributed by atoms with Gasteiger partial charge in [-0.05, 0) is 32.9 Å². The Balaban J connectivity index is 3.00. The van der Waals surface area contributed by atoms with Gasteiger partial charge in [0, 0.05) is 10.0 Å². The minimum atomic E-state index is -1.41. The maximum Gasteiger partial charge on any atom is 0.150 e. The van der Waals surface area contributed by atoms with Crippen molar-refractivity contribution in [2.24, 2.45) is 4.40 Å². The SMILES string of the molecule is CC(C)(C)[S@@+]([O-])/N=C/c1cc(Br)cc(Cl)c1F. The molecule has 0 amide bonds. The predicted octanol–water partition coefficient (Wildman–Crippen LogP) is 4.12. The molecule has 0 unspecified atom stereocenters. The van der Waals surface area contributed by atoms with Crippen molar-refractivity contribution in [3.05, 3.63) is 33.0 Å². The van der Waals surface area contributed by atoms with Crippen LogP contribution in [0.1, 0.15) is 26.3 Å². The minimum absolute atomic E-state index is 0.00219. The Morgan fingerprint density at radius 2 is 2.06 bits per heavy atom. The lowest BCUT2D eigenvalue weighted by atomic mass is 10.2. The van der Waals surface area contributed by atoms with Gasteiger partial charge in [-0.25, -0.2) is 4.39 Å². The first-order valence-electron chi connectivity index (χ1n) is 4.82. The van der Waals surface area contributed by atoms with Crippen LogP contribution in [0, 0.1) is 5.82 Å². The zero-order valence-electron chi connectivity index (χ0n) is 9.63. The predicted molar refractivity (Wildman–Crippen MR) is 74.6 cm³/mol. The van der Waals surface area contributed by atoms with Gasteiger partial charge in [0.15, 0.2) is 5.82 Å². The van der Waals surface area contributed by atoms with Crippen LogP contribution in [0.25, 0.3) is 0 Å². The van der Waals surface area contributed by atoms with Gasteiger partial charge in [0.1, 0.15) is 16.1 Å². The summed E-state index contributed by atoms with van der Waals surface area (Å²) >= 11 is 7.47. The van der Waals surface area contributed by atoms with Crippen molar-refractivity contribution in [2.45, 2.75) is 25.5 Å². The molecule has 0 aliphatic carbocycles. The van der Waals surface area contributed by atoms with E-state index in [2.05, 4.69) is 20.3 Å². The van der Waals surface area contributed by atoms with Crippen molar-refractivity contribution in [2.75, 3.05) is 0 Å². The van der Waals surface area contributed by atoms with Crippen molar-refractivity contribution in [3.63, 3.8) is 0 Å². The topological polar surface area (TPSA) is 35.4 Å². The lowest BCUT2D eigenvalue weighted by Crippen LogP contribution is -2.25. The Kier molecular flexibility index (Phi) is 5.01. The first-order valence-corrected chi connectivity index (χ1v) is 7.10. The molecule has 0 heterocycles. The molecular formula is C11H12BrClFNOS. The molecule has 1 aromatic carbocycles. The average Bonchev–Trinajstić information content (AvgIpc) is 2.19. The van der Waals surface area contributed by atoms with Crippen LogP contribution < -0.4 is 0 Å². The van der Waals surface area contributed by atoms with Crippen molar-refractivity contribution >= 4 is 45.1 Å². The first kappa shape index (κ1) is 15.0. The van der Waals surface area contributed by atoms with E-state index in [1.54, 1.807) is 20.8 Å². The van der Waals surface area contributed by atoms with E-state index in [0.717, 1.165) is 0 Å². The smallest absolute Gasteiger partial charge is 0.150 e. The second-order valence-electron chi connectivity index (χ2n) is 4.39. The molecule has 0 aliphatic rings. The number of halogens is 3. The fraction of sp³-hybridized carbons (Fsp3) is 0.364. The monoisotopic (exact) mass is 339 g/mol. The second-order valence-corrected chi connectivity index (χ2v) is 7.64. The minimum Gasteiger partial charge on any atom is -0.591 e. The van der Waals surface area contributed by atoms with Gasteiger partial charge in [0.05, 0.1) is 11.2 Å². The van der Waals surface area contributed by atoms with Crippen LogP contribution >= 0.6 is 27.5 Å². The molecule has 0 aromatic heterocycles. The summed E-state index contributed by atoms with van der Waals surface area (Å²) in [5.74, 6) is -0.565. The van der Waals surface area contributed by atoms with Gasteiger partial charge in [-0.1, -0.05) is 31.9 Å². The van der Waals surface area contributed by atoms with Crippen LogP contribution in [0.5, 0.6) is 0 Å². The van der Waals surface area contributed by atoms with Gasteiger partial charge < -0.3 is 4.55 Å². The summed E-state index contributed by atoms with van der Waals surface area (Å²) in [5.41, 5.74) is 0.210. The van der Waals surface area contributed by atoms with E-state index in [4.69, 9.17) is 11.6 Å². The first-order chi connectivity index (χ1) is 7.71.